The summed E-state index contributed by atoms with van der Waals surface area (Å²) in [4.78, 5) is 21.4. The van der Waals surface area contributed by atoms with Crippen LogP contribution in [0.2, 0.25) is 0 Å². The van der Waals surface area contributed by atoms with Crippen molar-refractivity contribution in [2.45, 2.75) is 38.1 Å². The van der Waals surface area contributed by atoms with Gasteiger partial charge in [-0.25, -0.2) is 4.68 Å². The normalized spacial score (nSPS) is 20.6. The SMILES string of the molecule is O=c1[nH]c2cc3c(cc2cc1[C@@H](c1nnnn1C[C@H]1CCCO1)N1CCN(Cc2ccccc2)CC1)OCO3. The molecule has 0 aliphatic carbocycles. The molecule has 0 spiro atoms. The third-order valence-corrected chi connectivity index (χ3v) is 7.89. The minimum atomic E-state index is -0.404. The number of nitrogens with zero attached hydrogens (tertiary/aromatic N) is 6. The summed E-state index contributed by atoms with van der Waals surface area (Å²) in [6.45, 7) is 5.72. The van der Waals surface area contributed by atoms with Gasteiger partial charge < -0.3 is 19.2 Å². The van der Waals surface area contributed by atoms with Gasteiger partial charge in [0, 0.05) is 56.3 Å². The van der Waals surface area contributed by atoms with Gasteiger partial charge in [0.15, 0.2) is 17.3 Å². The molecular weight excluding hydrogens is 498 g/mol. The third-order valence-electron chi connectivity index (χ3n) is 7.89. The summed E-state index contributed by atoms with van der Waals surface area (Å²) < 4.78 is 18.8. The van der Waals surface area contributed by atoms with E-state index in [1.165, 1.54) is 5.56 Å². The first-order chi connectivity index (χ1) is 19.2. The number of H-pyrrole nitrogens is 1. The van der Waals surface area contributed by atoms with Crippen molar-refractivity contribution in [2.75, 3.05) is 39.6 Å². The van der Waals surface area contributed by atoms with Crippen molar-refractivity contribution in [3.63, 3.8) is 0 Å². The Morgan fingerprint density at radius 2 is 1.85 bits per heavy atom. The lowest BCUT2D eigenvalue weighted by Crippen LogP contribution is -2.48. The van der Waals surface area contributed by atoms with Gasteiger partial charge in [-0.3, -0.25) is 14.6 Å². The Labute approximate surface area is 225 Å². The van der Waals surface area contributed by atoms with Gasteiger partial charge >= 0.3 is 0 Å². The van der Waals surface area contributed by atoms with Gasteiger partial charge in [-0.15, -0.1) is 5.10 Å². The lowest BCUT2D eigenvalue weighted by molar-refractivity contribution is 0.0840. The summed E-state index contributed by atoms with van der Waals surface area (Å²) in [5.74, 6) is 1.97. The number of hydrogen-bond donors (Lipinski definition) is 1. The average Bonchev–Trinajstić information content (AvgIpc) is 3.73. The van der Waals surface area contributed by atoms with Crippen LogP contribution in [0.5, 0.6) is 11.5 Å². The van der Waals surface area contributed by atoms with E-state index in [4.69, 9.17) is 14.2 Å². The average molecular weight is 530 g/mol. The molecular formula is C28H31N7O4. The first kappa shape index (κ1) is 24.3. The Balaban J connectivity index is 1.23. The van der Waals surface area contributed by atoms with E-state index in [9.17, 15) is 4.79 Å². The highest BCUT2D eigenvalue weighted by Crippen LogP contribution is 2.36. The molecule has 4 aromatic rings. The van der Waals surface area contributed by atoms with Crippen LogP contribution in [0.1, 0.15) is 35.8 Å². The molecule has 202 valence electrons. The highest BCUT2D eigenvalue weighted by Gasteiger charge is 2.33. The molecule has 2 atom stereocenters. The second kappa shape index (κ2) is 10.4. The van der Waals surface area contributed by atoms with Gasteiger partial charge in [-0.2, -0.15) is 0 Å². The van der Waals surface area contributed by atoms with Crippen LogP contribution in [0.3, 0.4) is 0 Å². The summed E-state index contributed by atoms with van der Waals surface area (Å²) in [5.41, 5.74) is 2.46. The van der Waals surface area contributed by atoms with E-state index in [1.54, 1.807) is 0 Å². The van der Waals surface area contributed by atoms with Crippen molar-refractivity contribution in [1.29, 1.82) is 0 Å². The van der Waals surface area contributed by atoms with Crippen molar-refractivity contribution < 1.29 is 14.2 Å². The largest absolute Gasteiger partial charge is 0.454 e. The zero-order valence-corrected chi connectivity index (χ0v) is 21.7. The minimum Gasteiger partial charge on any atom is -0.454 e. The molecule has 39 heavy (non-hydrogen) atoms. The van der Waals surface area contributed by atoms with Gasteiger partial charge in [0.25, 0.3) is 5.56 Å². The molecule has 11 nitrogen and oxygen atoms in total. The predicted molar refractivity (Wildman–Crippen MR) is 143 cm³/mol. The van der Waals surface area contributed by atoms with Gasteiger partial charge in [0.2, 0.25) is 6.79 Å². The maximum absolute atomic E-state index is 13.6. The number of benzene rings is 2. The van der Waals surface area contributed by atoms with Crippen LogP contribution in [0.25, 0.3) is 10.9 Å². The van der Waals surface area contributed by atoms with E-state index in [1.807, 2.05) is 28.9 Å². The highest BCUT2D eigenvalue weighted by atomic mass is 16.7. The van der Waals surface area contributed by atoms with E-state index < -0.39 is 6.04 Å². The molecule has 2 saturated heterocycles. The second-order valence-corrected chi connectivity index (χ2v) is 10.4. The van der Waals surface area contributed by atoms with E-state index in [0.29, 0.717) is 34.9 Å². The maximum Gasteiger partial charge on any atom is 0.253 e. The molecule has 3 aliphatic heterocycles. The summed E-state index contributed by atoms with van der Waals surface area (Å²) in [6.07, 6.45) is 2.09. The van der Waals surface area contributed by atoms with Crippen LogP contribution >= 0.6 is 0 Å². The van der Waals surface area contributed by atoms with Crippen LogP contribution in [0.15, 0.2) is 53.3 Å². The smallest absolute Gasteiger partial charge is 0.253 e. The van der Waals surface area contributed by atoms with Crippen molar-refractivity contribution in [3.05, 3.63) is 75.8 Å². The van der Waals surface area contributed by atoms with Gasteiger partial charge in [-0.05, 0) is 41.0 Å². The zero-order valence-electron chi connectivity index (χ0n) is 21.7. The van der Waals surface area contributed by atoms with Gasteiger partial charge in [0.05, 0.1) is 18.2 Å². The molecule has 0 amide bonds. The molecule has 2 fully saturated rings. The fraction of sp³-hybridized carbons (Fsp3) is 0.429. The van der Waals surface area contributed by atoms with Crippen molar-refractivity contribution in [2.24, 2.45) is 0 Å². The fourth-order valence-electron chi connectivity index (χ4n) is 5.86. The van der Waals surface area contributed by atoms with E-state index >= 15 is 0 Å². The second-order valence-electron chi connectivity index (χ2n) is 10.4. The highest BCUT2D eigenvalue weighted by molar-refractivity contribution is 5.83. The number of piperazine rings is 1. The first-order valence-corrected chi connectivity index (χ1v) is 13.6. The third kappa shape index (κ3) is 4.88. The van der Waals surface area contributed by atoms with Crippen molar-refractivity contribution in [1.82, 2.24) is 35.0 Å². The van der Waals surface area contributed by atoms with E-state index in [-0.39, 0.29) is 18.5 Å². The number of fused-ring (bicyclic) bond motifs is 2. The monoisotopic (exact) mass is 529 g/mol. The molecule has 11 heteroatoms. The Morgan fingerprint density at radius 1 is 1.03 bits per heavy atom. The number of hydrogen-bond acceptors (Lipinski definition) is 9. The van der Waals surface area contributed by atoms with Crippen molar-refractivity contribution in [3.8, 4) is 11.5 Å². The van der Waals surface area contributed by atoms with Crippen LogP contribution in [-0.4, -0.2) is 80.7 Å². The first-order valence-electron chi connectivity index (χ1n) is 13.6. The zero-order chi connectivity index (χ0) is 26.2. The number of aromatic nitrogens is 5. The van der Waals surface area contributed by atoms with Crippen molar-refractivity contribution >= 4 is 10.9 Å². The van der Waals surface area contributed by atoms with Gasteiger partial charge in [0.1, 0.15) is 6.04 Å². The molecule has 0 saturated carbocycles. The van der Waals surface area contributed by atoms with E-state index in [0.717, 1.165) is 57.6 Å². The lowest BCUT2D eigenvalue weighted by atomic mass is 10.0. The Kier molecular flexibility index (Phi) is 6.47. The molecule has 7 rings (SSSR count). The quantitative estimate of drug-likeness (QED) is 0.386. The number of rotatable bonds is 7. The Hall–Kier alpha value is -3.80. The summed E-state index contributed by atoms with van der Waals surface area (Å²) in [6, 6.07) is 15.8. The van der Waals surface area contributed by atoms with Crippen LogP contribution in [0, 0.1) is 0 Å². The van der Waals surface area contributed by atoms with Crippen LogP contribution in [-0.2, 0) is 17.8 Å². The molecule has 2 aromatic heterocycles. The van der Waals surface area contributed by atoms with Crippen LogP contribution in [0.4, 0.5) is 0 Å². The van der Waals surface area contributed by atoms with Gasteiger partial charge in [-0.1, -0.05) is 30.3 Å². The molecule has 1 N–H and O–H groups in total. The summed E-state index contributed by atoms with van der Waals surface area (Å²) in [7, 11) is 0. The molecule has 3 aliphatic rings. The summed E-state index contributed by atoms with van der Waals surface area (Å²) >= 11 is 0. The maximum atomic E-state index is 13.6. The van der Waals surface area contributed by atoms with E-state index in [2.05, 4.69) is 54.6 Å². The number of pyridine rings is 1. The number of aromatic amines is 1. The topological polar surface area (TPSA) is 111 Å². The van der Waals surface area contributed by atoms with Crippen LogP contribution < -0.4 is 15.0 Å². The number of ether oxygens (including phenoxy) is 3. The minimum absolute atomic E-state index is 0.0743. The number of nitrogens with one attached hydrogen (secondary N) is 1. The molecule has 0 bridgehead atoms. The molecule has 2 aromatic carbocycles. The molecule has 5 heterocycles. The Bertz CT molecular complexity index is 1510. The fourth-order valence-corrected chi connectivity index (χ4v) is 5.86. The molecule has 0 unspecified atom stereocenters. The predicted octanol–water partition coefficient (Wildman–Crippen LogP) is 2.33. The molecule has 0 radical (unpaired) electrons. The lowest BCUT2D eigenvalue weighted by Gasteiger charge is -2.38. The Morgan fingerprint density at radius 3 is 2.64 bits per heavy atom. The standard InChI is InChI=1S/C28H31N7O4/c36-28-22(13-20-14-24-25(39-18-38-24)15-23(20)29-28)26(27-30-31-32-35(27)17-21-7-4-12-37-21)34-10-8-33(9-11-34)16-19-5-2-1-3-6-19/h1-3,5-6,13-15,21,26H,4,7-12,16-18H2,(H,29,36)/t21-,26+/m1/s1. The number of tetrazole rings is 1. The summed E-state index contributed by atoms with van der Waals surface area (Å²) in [5, 5.41) is 13.7.